The van der Waals surface area contributed by atoms with Gasteiger partial charge in [0.25, 0.3) is 0 Å². The fourth-order valence-corrected chi connectivity index (χ4v) is 2.30. The van der Waals surface area contributed by atoms with E-state index in [2.05, 4.69) is 19.2 Å². The summed E-state index contributed by atoms with van der Waals surface area (Å²) >= 11 is 0. The van der Waals surface area contributed by atoms with Crippen molar-refractivity contribution in [3.8, 4) is 0 Å². The van der Waals surface area contributed by atoms with Crippen molar-refractivity contribution in [2.24, 2.45) is 11.3 Å². The van der Waals surface area contributed by atoms with Crippen molar-refractivity contribution >= 4 is 5.97 Å². The highest BCUT2D eigenvalue weighted by molar-refractivity contribution is 5.70. The van der Waals surface area contributed by atoms with E-state index in [0.717, 1.165) is 0 Å². The van der Waals surface area contributed by atoms with E-state index in [4.69, 9.17) is 5.11 Å². The Hall–Kier alpha value is -0.570. The molecule has 2 atom stereocenters. The lowest BCUT2D eigenvalue weighted by atomic mass is 9.75. The maximum Gasteiger partial charge on any atom is 0.307 e. The van der Waals surface area contributed by atoms with E-state index in [-0.39, 0.29) is 12.0 Å². The van der Waals surface area contributed by atoms with Gasteiger partial charge in [-0.1, -0.05) is 20.8 Å². The molecule has 3 nitrogen and oxygen atoms in total. The molecule has 1 aliphatic carbocycles. The lowest BCUT2D eigenvalue weighted by molar-refractivity contribution is -0.142. The molecule has 0 saturated heterocycles. The molecule has 0 radical (unpaired) electrons. The summed E-state index contributed by atoms with van der Waals surface area (Å²) in [6.45, 7) is 8.37. The summed E-state index contributed by atoms with van der Waals surface area (Å²) in [5.74, 6) is -1.02. The first-order valence-corrected chi connectivity index (χ1v) is 6.31. The predicted octanol–water partition coefficient (Wildman–Crippen LogP) is 2.65. The first kappa shape index (κ1) is 13.5. The van der Waals surface area contributed by atoms with Gasteiger partial charge in [0.05, 0.1) is 5.92 Å². The molecule has 1 rings (SSSR count). The molecule has 0 heterocycles. The van der Waals surface area contributed by atoms with Gasteiger partial charge in [0.1, 0.15) is 0 Å². The second-order valence-corrected chi connectivity index (χ2v) is 6.02. The van der Waals surface area contributed by atoms with E-state index in [1.807, 2.05) is 6.92 Å². The largest absolute Gasteiger partial charge is 0.481 e. The average Bonchev–Trinajstić information content (AvgIpc) is 2.19. The van der Waals surface area contributed by atoms with Gasteiger partial charge in [-0.15, -0.1) is 0 Å². The number of carboxylic acid groups (broad SMARTS) is 1. The van der Waals surface area contributed by atoms with Gasteiger partial charge >= 0.3 is 5.97 Å². The van der Waals surface area contributed by atoms with Crippen LogP contribution in [-0.4, -0.2) is 23.2 Å². The van der Waals surface area contributed by atoms with Crippen molar-refractivity contribution in [3.63, 3.8) is 0 Å². The Morgan fingerprint density at radius 2 is 1.81 bits per heavy atom. The van der Waals surface area contributed by atoms with Gasteiger partial charge in [-0.2, -0.15) is 0 Å². The highest BCUT2D eigenvalue weighted by Crippen LogP contribution is 2.35. The van der Waals surface area contributed by atoms with E-state index in [1.54, 1.807) is 6.92 Å². The molecule has 2 N–H and O–H groups in total. The molecular formula is C13H25NO2. The van der Waals surface area contributed by atoms with Crippen LogP contribution < -0.4 is 5.32 Å². The molecule has 2 unspecified atom stereocenters. The van der Waals surface area contributed by atoms with E-state index < -0.39 is 5.97 Å². The maximum atomic E-state index is 10.8. The SMILES string of the molecule is CC(NC1CCC(C)(C)CC1)C(C)C(=O)O. The lowest BCUT2D eigenvalue weighted by Crippen LogP contribution is -2.44. The van der Waals surface area contributed by atoms with Crippen LogP contribution in [0, 0.1) is 11.3 Å². The monoisotopic (exact) mass is 227 g/mol. The van der Waals surface area contributed by atoms with Gasteiger partial charge in [0, 0.05) is 12.1 Å². The van der Waals surface area contributed by atoms with Gasteiger partial charge in [0.15, 0.2) is 0 Å². The number of carbonyl (C=O) groups is 1. The molecule has 94 valence electrons. The van der Waals surface area contributed by atoms with Gasteiger partial charge < -0.3 is 10.4 Å². The van der Waals surface area contributed by atoms with Crippen molar-refractivity contribution in [2.45, 2.75) is 65.5 Å². The molecule has 0 spiro atoms. The van der Waals surface area contributed by atoms with E-state index in [9.17, 15) is 4.79 Å². The zero-order chi connectivity index (χ0) is 12.3. The van der Waals surface area contributed by atoms with Crippen molar-refractivity contribution in [1.82, 2.24) is 5.32 Å². The van der Waals surface area contributed by atoms with E-state index in [0.29, 0.717) is 11.5 Å². The molecule has 0 aromatic rings. The Bertz CT molecular complexity index is 240. The number of hydrogen-bond donors (Lipinski definition) is 2. The van der Waals surface area contributed by atoms with Crippen LogP contribution in [0.4, 0.5) is 0 Å². The molecule has 1 fully saturated rings. The van der Waals surface area contributed by atoms with Crippen LogP contribution in [0.3, 0.4) is 0 Å². The summed E-state index contributed by atoms with van der Waals surface area (Å²) in [5.41, 5.74) is 0.472. The maximum absolute atomic E-state index is 10.8. The summed E-state index contributed by atoms with van der Waals surface area (Å²) in [5, 5.41) is 12.4. The minimum Gasteiger partial charge on any atom is -0.481 e. The summed E-state index contributed by atoms with van der Waals surface area (Å²) in [6, 6.07) is 0.563. The number of rotatable bonds is 4. The van der Waals surface area contributed by atoms with Gasteiger partial charge in [-0.05, 0) is 38.0 Å². The number of aliphatic carboxylic acids is 1. The number of carboxylic acids is 1. The van der Waals surface area contributed by atoms with E-state index in [1.165, 1.54) is 25.7 Å². The minimum atomic E-state index is -0.712. The molecule has 0 amide bonds. The zero-order valence-corrected chi connectivity index (χ0v) is 10.9. The summed E-state index contributed by atoms with van der Waals surface area (Å²) in [7, 11) is 0. The predicted molar refractivity (Wildman–Crippen MR) is 65.4 cm³/mol. The zero-order valence-electron chi connectivity index (χ0n) is 10.9. The normalized spacial score (nSPS) is 25.0. The van der Waals surface area contributed by atoms with Crippen LogP contribution in [-0.2, 0) is 4.79 Å². The van der Waals surface area contributed by atoms with E-state index >= 15 is 0 Å². The first-order valence-electron chi connectivity index (χ1n) is 6.31. The van der Waals surface area contributed by atoms with Crippen LogP contribution in [0.1, 0.15) is 53.4 Å². The topological polar surface area (TPSA) is 49.3 Å². The highest BCUT2D eigenvalue weighted by Gasteiger charge is 2.29. The third-order valence-electron chi connectivity index (χ3n) is 3.98. The van der Waals surface area contributed by atoms with Crippen LogP contribution in [0.2, 0.25) is 0 Å². The van der Waals surface area contributed by atoms with Gasteiger partial charge in [0.2, 0.25) is 0 Å². The fourth-order valence-electron chi connectivity index (χ4n) is 2.30. The van der Waals surface area contributed by atoms with Crippen LogP contribution in [0.5, 0.6) is 0 Å². The van der Waals surface area contributed by atoms with Crippen molar-refractivity contribution in [1.29, 1.82) is 0 Å². The number of hydrogen-bond acceptors (Lipinski definition) is 2. The molecule has 3 heteroatoms. The first-order chi connectivity index (χ1) is 7.32. The third kappa shape index (κ3) is 3.78. The quantitative estimate of drug-likeness (QED) is 0.776. The van der Waals surface area contributed by atoms with Gasteiger partial charge in [-0.25, -0.2) is 0 Å². The standard InChI is InChI=1S/C13H25NO2/c1-9(12(15)16)10(2)14-11-5-7-13(3,4)8-6-11/h9-11,14H,5-8H2,1-4H3,(H,15,16). The highest BCUT2D eigenvalue weighted by atomic mass is 16.4. The molecule has 0 aromatic heterocycles. The van der Waals surface area contributed by atoms with Crippen molar-refractivity contribution < 1.29 is 9.90 Å². The molecule has 1 aliphatic rings. The fraction of sp³-hybridized carbons (Fsp3) is 0.923. The summed E-state index contributed by atoms with van der Waals surface area (Å²) in [6.07, 6.45) is 4.81. The van der Waals surface area contributed by atoms with Crippen LogP contribution in [0.15, 0.2) is 0 Å². The second kappa shape index (κ2) is 5.17. The van der Waals surface area contributed by atoms with Crippen LogP contribution in [0.25, 0.3) is 0 Å². The average molecular weight is 227 g/mol. The second-order valence-electron chi connectivity index (χ2n) is 6.02. The summed E-state index contributed by atoms with van der Waals surface area (Å²) in [4.78, 5) is 10.8. The molecule has 16 heavy (non-hydrogen) atoms. The van der Waals surface area contributed by atoms with Crippen molar-refractivity contribution in [3.05, 3.63) is 0 Å². The lowest BCUT2D eigenvalue weighted by Gasteiger charge is -2.36. The Morgan fingerprint density at radius 3 is 2.25 bits per heavy atom. The Labute approximate surface area is 98.6 Å². The molecule has 0 aliphatic heterocycles. The molecular weight excluding hydrogens is 202 g/mol. The number of nitrogens with one attached hydrogen (secondary N) is 1. The Balaban J connectivity index is 2.36. The molecule has 0 bridgehead atoms. The van der Waals surface area contributed by atoms with Gasteiger partial charge in [-0.3, -0.25) is 4.79 Å². The minimum absolute atomic E-state index is 0.0590. The van der Waals surface area contributed by atoms with Crippen molar-refractivity contribution in [2.75, 3.05) is 0 Å². The Morgan fingerprint density at radius 1 is 1.31 bits per heavy atom. The smallest absolute Gasteiger partial charge is 0.307 e. The molecule has 0 aromatic carbocycles. The summed E-state index contributed by atoms with van der Waals surface area (Å²) < 4.78 is 0. The third-order valence-corrected chi connectivity index (χ3v) is 3.98. The Kier molecular flexibility index (Phi) is 4.36. The molecule has 1 saturated carbocycles. The van der Waals surface area contributed by atoms with Crippen LogP contribution >= 0.6 is 0 Å².